The van der Waals surface area contributed by atoms with Crippen LogP contribution in [0.4, 0.5) is 0 Å². The first kappa shape index (κ1) is 22.3. The van der Waals surface area contributed by atoms with Crippen LogP contribution in [0.25, 0.3) is 5.57 Å². The molecule has 146 valence electrons. The first-order valence-electron chi connectivity index (χ1n) is 8.85. The van der Waals surface area contributed by atoms with Crippen molar-refractivity contribution in [1.82, 2.24) is 0 Å². The Morgan fingerprint density at radius 1 is 0.893 bits per heavy atom. The molecule has 0 radical (unpaired) electrons. The van der Waals surface area contributed by atoms with Crippen molar-refractivity contribution in [2.24, 2.45) is 0 Å². The van der Waals surface area contributed by atoms with Crippen molar-refractivity contribution in [2.75, 3.05) is 0 Å². The minimum absolute atomic E-state index is 0.00769. The van der Waals surface area contributed by atoms with Gasteiger partial charge in [-0.1, -0.05) is 73.2 Å². The van der Waals surface area contributed by atoms with Crippen molar-refractivity contribution < 1.29 is 34.2 Å². The lowest BCUT2D eigenvalue weighted by Gasteiger charge is -2.05. The topological polar surface area (TPSA) is 57.2 Å². The zero-order valence-electron chi connectivity index (χ0n) is 15.9. The average molecular weight is 506 g/mol. The van der Waals surface area contributed by atoms with Crippen LogP contribution in [0.5, 0.6) is 0 Å². The summed E-state index contributed by atoms with van der Waals surface area (Å²) < 4.78 is 35.1. The number of allylic oxidation sites excluding steroid dienone is 1. The lowest BCUT2D eigenvalue weighted by atomic mass is 10.1. The Morgan fingerprint density at radius 2 is 1.43 bits per heavy atom. The molecule has 0 heterocycles. The molecule has 5 heteroatoms. The van der Waals surface area contributed by atoms with Gasteiger partial charge in [-0.15, -0.1) is 0 Å². The van der Waals surface area contributed by atoms with Gasteiger partial charge in [0.2, 0.25) is 0 Å². The molecule has 0 N–H and O–H groups in total. The summed E-state index contributed by atoms with van der Waals surface area (Å²) in [5.41, 5.74) is 3.77. The van der Waals surface area contributed by atoms with E-state index in [1.807, 2.05) is 6.92 Å². The SMILES string of the molecule is CC/C(=C\[I+]c1ccccc1)c1ccccc1.Cc1ccc(S(=O)(=O)[O-])cc1. The van der Waals surface area contributed by atoms with Crippen LogP contribution in [-0.2, 0) is 10.1 Å². The Balaban J connectivity index is 0.000000221. The Labute approximate surface area is 178 Å². The summed E-state index contributed by atoms with van der Waals surface area (Å²) >= 11 is -0.00769. The number of rotatable bonds is 5. The van der Waals surface area contributed by atoms with E-state index in [0.717, 1.165) is 12.0 Å². The molecule has 0 saturated heterocycles. The highest BCUT2D eigenvalue weighted by molar-refractivity contribution is 7.85. The summed E-state index contributed by atoms with van der Waals surface area (Å²) in [5, 5.41) is 0. The molecule has 0 aliphatic rings. The van der Waals surface area contributed by atoms with Crippen LogP contribution in [0, 0.1) is 10.5 Å². The van der Waals surface area contributed by atoms with E-state index < -0.39 is 10.1 Å². The summed E-state index contributed by atoms with van der Waals surface area (Å²) in [6.45, 7) is 4.05. The molecule has 0 saturated carbocycles. The maximum Gasteiger partial charge on any atom is 0.349 e. The molecule has 0 atom stereocenters. The summed E-state index contributed by atoms with van der Waals surface area (Å²) in [5.74, 6) is 0. The lowest BCUT2D eigenvalue weighted by molar-refractivity contribution is -0.556. The van der Waals surface area contributed by atoms with E-state index in [-0.39, 0.29) is 26.1 Å². The largest absolute Gasteiger partial charge is 0.744 e. The Hall–Kier alpha value is -1.96. The number of aryl methyl sites for hydroxylation is 1. The van der Waals surface area contributed by atoms with E-state index in [2.05, 4.69) is 71.7 Å². The number of hydrogen-bond donors (Lipinski definition) is 0. The number of halogens is 1. The molecule has 28 heavy (non-hydrogen) atoms. The van der Waals surface area contributed by atoms with Crippen molar-refractivity contribution in [3.63, 3.8) is 0 Å². The van der Waals surface area contributed by atoms with Gasteiger partial charge in [-0.25, -0.2) is 8.42 Å². The zero-order chi connectivity index (χ0) is 20.4. The quantitative estimate of drug-likeness (QED) is 0.394. The van der Waals surface area contributed by atoms with E-state index in [1.54, 1.807) is 12.1 Å². The van der Waals surface area contributed by atoms with Crippen molar-refractivity contribution in [3.05, 3.63) is 104 Å². The van der Waals surface area contributed by atoms with Gasteiger partial charge in [0, 0.05) is 5.57 Å². The molecule has 3 rings (SSSR count). The molecule has 0 unspecified atom stereocenters. The van der Waals surface area contributed by atoms with Gasteiger partial charge >= 0.3 is 21.2 Å². The Kier molecular flexibility index (Phi) is 8.89. The fourth-order valence-corrected chi connectivity index (χ4v) is 5.15. The summed E-state index contributed by atoms with van der Waals surface area (Å²) in [6, 6.07) is 27.2. The minimum atomic E-state index is -4.27. The van der Waals surface area contributed by atoms with Gasteiger partial charge < -0.3 is 4.55 Å². The molecule has 0 bridgehead atoms. The third kappa shape index (κ3) is 7.58. The van der Waals surface area contributed by atoms with Gasteiger partial charge in [0.25, 0.3) is 0 Å². The fourth-order valence-electron chi connectivity index (χ4n) is 2.32. The molecule has 0 aliphatic heterocycles. The Morgan fingerprint density at radius 3 is 1.93 bits per heavy atom. The molecule has 3 nitrogen and oxygen atoms in total. The zero-order valence-corrected chi connectivity index (χ0v) is 18.9. The van der Waals surface area contributed by atoms with Crippen LogP contribution >= 0.6 is 0 Å². The average Bonchev–Trinajstić information content (AvgIpc) is 2.70. The van der Waals surface area contributed by atoms with Crippen LogP contribution in [0.3, 0.4) is 0 Å². The second kappa shape index (κ2) is 11.1. The number of benzene rings is 3. The van der Waals surface area contributed by atoms with Gasteiger partial charge in [0.05, 0.1) is 4.90 Å². The molecule has 3 aromatic rings. The normalized spacial score (nSPS) is 11.5. The highest BCUT2D eigenvalue weighted by Gasteiger charge is 2.10. The summed E-state index contributed by atoms with van der Waals surface area (Å²) in [6.07, 6.45) is 1.11. The smallest absolute Gasteiger partial charge is 0.349 e. The van der Waals surface area contributed by atoms with Gasteiger partial charge in [0.1, 0.15) is 10.1 Å². The monoisotopic (exact) mass is 506 g/mol. The van der Waals surface area contributed by atoms with Gasteiger partial charge in [-0.2, -0.15) is 0 Å². The van der Waals surface area contributed by atoms with E-state index >= 15 is 0 Å². The molecule has 0 fully saturated rings. The summed E-state index contributed by atoms with van der Waals surface area (Å²) in [4.78, 5) is -0.178. The first-order valence-corrected chi connectivity index (χ1v) is 12.6. The second-order valence-electron chi connectivity index (χ2n) is 6.03. The highest BCUT2D eigenvalue weighted by atomic mass is 127. The molecule has 0 aromatic heterocycles. The van der Waals surface area contributed by atoms with Crippen molar-refractivity contribution in [3.8, 4) is 0 Å². The minimum Gasteiger partial charge on any atom is -0.744 e. The maximum atomic E-state index is 10.4. The van der Waals surface area contributed by atoms with E-state index in [1.165, 1.54) is 26.8 Å². The third-order valence-corrected chi connectivity index (χ3v) is 7.23. The predicted molar refractivity (Wildman–Crippen MR) is 109 cm³/mol. The summed E-state index contributed by atoms with van der Waals surface area (Å²) in [7, 11) is -4.27. The molecule has 3 aromatic carbocycles. The molecule has 0 spiro atoms. The van der Waals surface area contributed by atoms with Crippen molar-refractivity contribution in [2.45, 2.75) is 25.2 Å². The third-order valence-electron chi connectivity index (χ3n) is 3.88. The fraction of sp³-hybridized carbons (Fsp3) is 0.130. The second-order valence-corrected chi connectivity index (χ2v) is 9.90. The van der Waals surface area contributed by atoms with Gasteiger partial charge in [-0.3, -0.25) is 0 Å². The van der Waals surface area contributed by atoms with Crippen molar-refractivity contribution in [1.29, 1.82) is 0 Å². The van der Waals surface area contributed by atoms with Gasteiger partial charge in [-0.05, 0) is 43.2 Å². The van der Waals surface area contributed by atoms with E-state index in [9.17, 15) is 13.0 Å². The highest BCUT2D eigenvalue weighted by Crippen LogP contribution is 2.14. The van der Waals surface area contributed by atoms with E-state index in [0.29, 0.717) is 0 Å². The van der Waals surface area contributed by atoms with Crippen LogP contribution in [0.1, 0.15) is 24.5 Å². The standard InChI is InChI=1S/C16H16I.C7H8O3S/c1-2-14(15-9-5-3-6-10-15)13-17-16-11-7-4-8-12-16;1-6-2-4-7(5-3-6)11(8,9)10/h3-13H,2H2,1H3;2-5H,1H3,(H,8,9,10)/q+1;/p-1/b14-13+;. The predicted octanol–water partition coefficient (Wildman–Crippen LogP) is 2.30. The van der Waals surface area contributed by atoms with Crippen LogP contribution in [0.15, 0.2) is 93.9 Å². The lowest BCUT2D eigenvalue weighted by Crippen LogP contribution is -3.59. The van der Waals surface area contributed by atoms with E-state index in [4.69, 9.17) is 0 Å². The van der Waals surface area contributed by atoms with Crippen LogP contribution < -0.4 is 21.2 Å². The Bertz CT molecular complexity index is 981. The van der Waals surface area contributed by atoms with Crippen molar-refractivity contribution >= 4 is 15.7 Å². The first-order chi connectivity index (χ1) is 13.4. The molecule has 0 amide bonds. The number of hydrogen-bond acceptors (Lipinski definition) is 3. The molecular formula is C23H23IO3S. The van der Waals surface area contributed by atoms with Gasteiger partial charge in [0.15, 0.2) is 7.65 Å². The van der Waals surface area contributed by atoms with Crippen LogP contribution in [0.2, 0.25) is 0 Å². The molecular weight excluding hydrogens is 483 g/mol. The van der Waals surface area contributed by atoms with Crippen LogP contribution in [-0.4, -0.2) is 13.0 Å². The maximum absolute atomic E-state index is 10.4. The molecule has 0 aliphatic carbocycles.